The summed E-state index contributed by atoms with van der Waals surface area (Å²) >= 11 is 0. The number of benzene rings is 2. The lowest BCUT2D eigenvalue weighted by Gasteiger charge is -2.18. The predicted octanol–water partition coefficient (Wildman–Crippen LogP) is 4.80. The van der Waals surface area contributed by atoms with Gasteiger partial charge in [0.1, 0.15) is 5.82 Å². The van der Waals surface area contributed by atoms with Crippen LogP contribution in [-0.4, -0.2) is 4.98 Å². The van der Waals surface area contributed by atoms with Gasteiger partial charge in [0.25, 0.3) is 0 Å². The minimum atomic E-state index is 0.296. The normalized spacial score (nSPS) is 12.2. The molecule has 3 rings (SSSR count). The van der Waals surface area contributed by atoms with E-state index in [1.54, 1.807) is 0 Å². The summed E-state index contributed by atoms with van der Waals surface area (Å²) < 4.78 is 0. The van der Waals surface area contributed by atoms with Crippen LogP contribution in [0.4, 0.5) is 5.82 Å². The van der Waals surface area contributed by atoms with Crippen LogP contribution < -0.4 is 5.32 Å². The first-order valence-corrected chi connectivity index (χ1v) is 7.04. The lowest BCUT2D eigenvalue weighted by Crippen LogP contribution is -2.10. The minimum absolute atomic E-state index is 0.296. The molecule has 0 unspecified atom stereocenters. The molecule has 0 fully saturated rings. The second-order valence-corrected chi connectivity index (χ2v) is 4.91. The standard InChI is InChI=1S/C18H18N2/c1-2-16(14-8-4-3-5-9-14)19-18-13-12-15-10-6-7-11-17(15)20-18/h3-13,16H,2H2,1H3,(H,19,20)/t16-/m1/s1. The van der Waals surface area contributed by atoms with E-state index < -0.39 is 0 Å². The van der Waals surface area contributed by atoms with Crippen LogP contribution >= 0.6 is 0 Å². The smallest absolute Gasteiger partial charge is 0.127 e. The maximum absolute atomic E-state index is 4.68. The quantitative estimate of drug-likeness (QED) is 0.730. The van der Waals surface area contributed by atoms with Crippen LogP contribution in [0, 0.1) is 0 Å². The monoisotopic (exact) mass is 262 g/mol. The summed E-state index contributed by atoms with van der Waals surface area (Å²) in [7, 11) is 0. The Morgan fingerprint density at radius 1 is 0.900 bits per heavy atom. The van der Waals surface area contributed by atoms with Crippen molar-refractivity contribution in [3.63, 3.8) is 0 Å². The van der Waals surface area contributed by atoms with Gasteiger partial charge < -0.3 is 5.32 Å². The first-order valence-electron chi connectivity index (χ1n) is 7.04. The number of nitrogens with zero attached hydrogens (tertiary/aromatic N) is 1. The van der Waals surface area contributed by atoms with Gasteiger partial charge in [-0.25, -0.2) is 4.98 Å². The number of aromatic nitrogens is 1. The molecule has 0 amide bonds. The molecule has 1 N–H and O–H groups in total. The van der Waals surface area contributed by atoms with E-state index in [9.17, 15) is 0 Å². The van der Waals surface area contributed by atoms with Crippen molar-refractivity contribution >= 4 is 16.7 Å². The van der Waals surface area contributed by atoms with Gasteiger partial charge in [0.05, 0.1) is 11.6 Å². The van der Waals surface area contributed by atoms with E-state index in [2.05, 4.69) is 53.6 Å². The number of anilines is 1. The Morgan fingerprint density at radius 3 is 2.45 bits per heavy atom. The molecule has 0 aliphatic heterocycles. The summed E-state index contributed by atoms with van der Waals surface area (Å²) in [6, 6.07) is 23.2. The van der Waals surface area contributed by atoms with Crippen LogP contribution in [0.1, 0.15) is 24.9 Å². The Hall–Kier alpha value is -2.35. The van der Waals surface area contributed by atoms with E-state index in [0.29, 0.717) is 6.04 Å². The highest BCUT2D eigenvalue weighted by Crippen LogP contribution is 2.22. The molecule has 0 aliphatic carbocycles. The van der Waals surface area contributed by atoms with Crippen molar-refractivity contribution < 1.29 is 0 Å². The van der Waals surface area contributed by atoms with Crippen LogP contribution in [0.25, 0.3) is 10.9 Å². The molecule has 1 heterocycles. The van der Waals surface area contributed by atoms with Gasteiger partial charge in [0, 0.05) is 5.39 Å². The topological polar surface area (TPSA) is 24.9 Å². The predicted molar refractivity (Wildman–Crippen MR) is 84.8 cm³/mol. The van der Waals surface area contributed by atoms with Crippen molar-refractivity contribution in [2.45, 2.75) is 19.4 Å². The van der Waals surface area contributed by atoms with E-state index in [4.69, 9.17) is 0 Å². The van der Waals surface area contributed by atoms with E-state index in [-0.39, 0.29) is 0 Å². The second-order valence-electron chi connectivity index (χ2n) is 4.91. The molecule has 0 aliphatic rings. The van der Waals surface area contributed by atoms with Crippen LogP contribution in [0.5, 0.6) is 0 Å². The third-order valence-corrected chi connectivity index (χ3v) is 3.53. The van der Waals surface area contributed by atoms with E-state index in [1.165, 1.54) is 10.9 Å². The second kappa shape index (κ2) is 5.74. The van der Waals surface area contributed by atoms with Gasteiger partial charge in [0.15, 0.2) is 0 Å². The molecule has 3 aromatic rings. The third kappa shape index (κ3) is 2.64. The van der Waals surface area contributed by atoms with Crippen molar-refractivity contribution in [2.24, 2.45) is 0 Å². The Labute approximate surface area is 119 Å². The molecule has 1 aromatic heterocycles. The SMILES string of the molecule is CC[C@@H](Nc1ccc2ccccc2n1)c1ccccc1. The van der Waals surface area contributed by atoms with Gasteiger partial charge in [-0.2, -0.15) is 0 Å². The molecule has 0 saturated carbocycles. The van der Waals surface area contributed by atoms with Crippen molar-refractivity contribution in [3.8, 4) is 0 Å². The van der Waals surface area contributed by atoms with Crippen molar-refractivity contribution in [1.29, 1.82) is 0 Å². The van der Waals surface area contributed by atoms with Crippen LogP contribution in [0.15, 0.2) is 66.7 Å². The summed E-state index contributed by atoms with van der Waals surface area (Å²) in [5, 5.41) is 4.70. The molecule has 100 valence electrons. The maximum Gasteiger partial charge on any atom is 0.127 e. The molecule has 0 spiro atoms. The fourth-order valence-corrected chi connectivity index (χ4v) is 2.43. The average Bonchev–Trinajstić information content (AvgIpc) is 2.53. The van der Waals surface area contributed by atoms with E-state index in [1.807, 2.05) is 30.3 Å². The molecule has 2 aromatic carbocycles. The van der Waals surface area contributed by atoms with Crippen molar-refractivity contribution in [1.82, 2.24) is 4.98 Å². The highest BCUT2D eigenvalue weighted by Gasteiger charge is 2.09. The zero-order valence-electron chi connectivity index (χ0n) is 11.6. The molecule has 20 heavy (non-hydrogen) atoms. The van der Waals surface area contributed by atoms with E-state index in [0.717, 1.165) is 17.8 Å². The number of rotatable bonds is 4. The van der Waals surface area contributed by atoms with Gasteiger partial charge in [-0.3, -0.25) is 0 Å². The van der Waals surface area contributed by atoms with Crippen LogP contribution in [0.2, 0.25) is 0 Å². The fraction of sp³-hybridized carbons (Fsp3) is 0.167. The molecular formula is C18H18N2. The van der Waals surface area contributed by atoms with E-state index >= 15 is 0 Å². The Kier molecular flexibility index (Phi) is 3.64. The van der Waals surface area contributed by atoms with Gasteiger partial charge in [0.2, 0.25) is 0 Å². The first kappa shape index (κ1) is 12.7. The lowest BCUT2D eigenvalue weighted by atomic mass is 10.0. The zero-order valence-corrected chi connectivity index (χ0v) is 11.6. The fourth-order valence-electron chi connectivity index (χ4n) is 2.43. The number of hydrogen-bond donors (Lipinski definition) is 1. The summed E-state index contributed by atoms with van der Waals surface area (Å²) in [6.07, 6.45) is 1.03. The molecule has 1 atom stereocenters. The van der Waals surface area contributed by atoms with Crippen molar-refractivity contribution in [2.75, 3.05) is 5.32 Å². The number of para-hydroxylation sites is 1. The molecule has 2 nitrogen and oxygen atoms in total. The molecule has 0 saturated heterocycles. The highest BCUT2D eigenvalue weighted by atomic mass is 15.0. The first-order chi connectivity index (χ1) is 9.86. The molecule has 0 radical (unpaired) electrons. The molecular weight excluding hydrogens is 244 g/mol. The van der Waals surface area contributed by atoms with Gasteiger partial charge in [-0.1, -0.05) is 55.5 Å². The van der Waals surface area contributed by atoms with Gasteiger partial charge in [-0.05, 0) is 30.2 Å². The number of pyridine rings is 1. The summed E-state index contributed by atoms with van der Waals surface area (Å²) in [6.45, 7) is 2.19. The average molecular weight is 262 g/mol. The number of hydrogen-bond acceptors (Lipinski definition) is 2. The van der Waals surface area contributed by atoms with Crippen LogP contribution in [0.3, 0.4) is 0 Å². The Morgan fingerprint density at radius 2 is 1.65 bits per heavy atom. The largest absolute Gasteiger partial charge is 0.363 e. The minimum Gasteiger partial charge on any atom is -0.363 e. The summed E-state index contributed by atoms with van der Waals surface area (Å²) in [4.78, 5) is 4.68. The van der Waals surface area contributed by atoms with Gasteiger partial charge in [-0.15, -0.1) is 0 Å². The number of nitrogens with one attached hydrogen (secondary N) is 1. The van der Waals surface area contributed by atoms with Crippen LogP contribution in [-0.2, 0) is 0 Å². The van der Waals surface area contributed by atoms with Gasteiger partial charge >= 0.3 is 0 Å². The Balaban J connectivity index is 1.87. The lowest BCUT2D eigenvalue weighted by molar-refractivity contribution is 0.745. The zero-order chi connectivity index (χ0) is 13.8. The molecule has 0 bridgehead atoms. The third-order valence-electron chi connectivity index (χ3n) is 3.53. The highest BCUT2D eigenvalue weighted by molar-refractivity contribution is 5.80. The summed E-state index contributed by atoms with van der Waals surface area (Å²) in [5.41, 5.74) is 2.32. The number of fused-ring (bicyclic) bond motifs is 1. The summed E-state index contributed by atoms with van der Waals surface area (Å²) in [5.74, 6) is 0.930. The van der Waals surface area contributed by atoms with Crippen molar-refractivity contribution in [3.05, 3.63) is 72.3 Å². The Bertz CT molecular complexity index is 692. The maximum atomic E-state index is 4.68. The molecule has 2 heteroatoms.